The summed E-state index contributed by atoms with van der Waals surface area (Å²) < 4.78 is 0. The molecule has 0 saturated heterocycles. The third-order valence-electron chi connectivity index (χ3n) is 6.44. The molecule has 1 aliphatic rings. The van der Waals surface area contributed by atoms with Crippen LogP contribution in [-0.4, -0.2) is 29.5 Å². The number of urea groups is 1. The van der Waals surface area contributed by atoms with Gasteiger partial charge in [0.05, 0.1) is 6.04 Å². The monoisotopic (exact) mass is 422 g/mol. The van der Waals surface area contributed by atoms with Crippen molar-refractivity contribution in [2.45, 2.75) is 63.6 Å². The topological polar surface area (TPSA) is 78.4 Å². The molecule has 1 fully saturated rings. The fraction of sp³-hybridized carbons (Fsp3) is 0.462. The number of carbonyl (C=O) groups excluding carboxylic acids is 2. The van der Waals surface area contributed by atoms with Crippen molar-refractivity contribution in [3.8, 4) is 0 Å². The van der Waals surface area contributed by atoms with Crippen LogP contribution in [-0.2, 0) is 10.4 Å². The molecule has 0 aliphatic heterocycles. The fourth-order valence-corrected chi connectivity index (χ4v) is 4.71. The summed E-state index contributed by atoms with van der Waals surface area (Å²) in [5, 5.41) is 18.2. The van der Waals surface area contributed by atoms with Crippen LogP contribution in [0.25, 0.3) is 0 Å². The highest BCUT2D eigenvalue weighted by Crippen LogP contribution is 2.36. The molecular formula is C26H34N2O3. The smallest absolute Gasteiger partial charge is 0.315 e. The van der Waals surface area contributed by atoms with Gasteiger partial charge in [-0.3, -0.25) is 0 Å². The Morgan fingerprint density at radius 1 is 1.00 bits per heavy atom. The van der Waals surface area contributed by atoms with E-state index in [0.717, 1.165) is 43.1 Å². The van der Waals surface area contributed by atoms with Crippen LogP contribution in [0.5, 0.6) is 0 Å². The summed E-state index contributed by atoms with van der Waals surface area (Å²) in [5.74, 6) is 0.419. The van der Waals surface area contributed by atoms with Crippen molar-refractivity contribution >= 4 is 12.3 Å². The fourth-order valence-electron chi connectivity index (χ4n) is 4.71. The Morgan fingerprint density at radius 3 is 1.97 bits per heavy atom. The second-order valence-electron chi connectivity index (χ2n) is 8.96. The summed E-state index contributed by atoms with van der Waals surface area (Å²) in [7, 11) is 0. The Bertz CT molecular complexity index is 791. The summed E-state index contributed by atoms with van der Waals surface area (Å²) in [6.07, 6.45) is 5.26. The molecule has 5 nitrogen and oxygen atoms in total. The minimum absolute atomic E-state index is 0.0144. The highest BCUT2D eigenvalue weighted by atomic mass is 16.3. The van der Waals surface area contributed by atoms with Crippen molar-refractivity contribution in [3.05, 3.63) is 71.8 Å². The summed E-state index contributed by atoms with van der Waals surface area (Å²) in [5.41, 5.74) is 0.125. The maximum atomic E-state index is 13.0. The van der Waals surface area contributed by atoms with Crippen molar-refractivity contribution in [1.29, 1.82) is 0 Å². The number of benzene rings is 2. The van der Waals surface area contributed by atoms with E-state index in [9.17, 15) is 14.7 Å². The molecule has 0 spiro atoms. The lowest BCUT2D eigenvalue weighted by atomic mass is 9.76. The maximum Gasteiger partial charge on any atom is 0.315 e. The lowest BCUT2D eigenvalue weighted by Crippen LogP contribution is -2.57. The predicted molar refractivity (Wildman–Crippen MR) is 123 cm³/mol. The van der Waals surface area contributed by atoms with E-state index in [2.05, 4.69) is 10.6 Å². The normalized spacial score (nSPS) is 20.1. The number of rotatable bonds is 8. The molecule has 0 aromatic heterocycles. The van der Waals surface area contributed by atoms with Gasteiger partial charge in [-0.1, -0.05) is 74.5 Å². The van der Waals surface area contributed by atoms with Gasteiger partial charge in [0.2, 0.25) is 0 Å². The average Bonchev–Trinajstić information content (AvgIpc) is 2.79. The zero-order valence-electron chi connectivity index (χ0n) is 18.5. The van der Waals surface area contributed by atoms with E-state index in [0.29, 0.717) is 12.3 Å². The van der Waals surface area contributed by atoms with E-state index in [4.69, 9.17) is 0 Å². The van der Waals surface area contributed by atoms with Gasteiger partial charge in [0.1, 0.15) is 11.9 Å². The maximum absolute atomic E-state index is 13.0. The number of hydrogen-bond acceptors (Lipinski definition) is 3. The van der Waals surface area contributed by atoms with Crippen molar-refractivity contribution in [2.75, 3.05) is 0 Å². The number of nitrogens with one attached hydrogen (secondary N) is 2. The molecule has 1 saturated carbocycles. The number of hydrogen-bond donors (Lipinski definition) is 3. The molecule has 2 aromatic carbocycles. The second-order valence-corrected chi connectivity index (χ2v) is 8.96. The molecule has 0 radical (unpaired) electrons. The standard InChI is InChI=1S/C26H34N2O3/c1-19(2)24(28-25(30)27-23-15-13-20(14-16-23)17-18-29)26(31,21-9-5-3-6-10-21)22-11-7-4-8-12-22/h3-12,18-20,23-24,31H,13-17H2,1-2H3,(H2,27,28,30). The molecule has 1 unspecified atom stereocenters. The average molecular weight is 423 g/mol. The third-order valence-corrected chi connectivity index (χ3v) is 6.44. The number of aliphatic hydroxyl groups is 1. The molecule has 3 rings (SSSR count). The number of amides is 2. The van der Waals surface area contributed by atoms with Crippen LogP contribution in [0.15, 0.2) is 60.7 Å². The Hall–Kier alpha value is -2.66. The van der Waals surface area contributed by atoms with Gasteiger partial charge >= 0.3 is 6.03 Å². The van der Waals surface area contributed by atoms with Gasteiger partial charge in [0.15, 0.2) is 0 Å². The van der Waals surface area contributed by atoms with Crippen LogP contribution in [0.1, 0.15) is 57.1 Å². The van der Waals surface area contributed by atoms with Crippen molar-refractivity contribution in [1.82, 2.24) is 10.6 Å². The predicted octanol–water partition coefficient (Wildman–Crippen LogP) is 4.39. The quantitative estimate of drug-likeness (QED) is 0.552. The largest absolute Gasteiger partial charge is 0.378 e. The summed E-state index contributed by atoms with van der Waals surface area (Å²) >= 11 is 0. The van der Waals surface area contributed by atoms with Crippen molar-refractivity contribution < 1.29 is 14.7 Å². The van der Waals surface area contributed by atoms with Gasteiger partial charge in [-0.05, 0) is 48.6 Å². The first-order chi connectivity index (χ1) is 14.9. The van der Waals surface area contributed by atoms with E-state index in [-0.39, 0.29) is 18.0 Å². The Balaban J connectivity index is 1.79. The van der Waals surface area contributed by atoms with Crippen LogP contribution in [0, 0.1) is 11.8 Å². The van der Waals surface area contributed by atoms with E-state index in [1.54, 1.807) is 0 Å². The molecule has 31 heavy (non-hydrogen) atoms. The second kappa shape index (κ2) is 10.6. The minimum Gasteiger partial charge on any atom is -0.378 e. The molecule has 166 valence electrons. The summed E-state index contributed by atoms with van der Waals surface area (Å²) in [4.78, 5) is 23.7. The molecule has 2 aromatic rings. The Kier molecular flexibility index (Phi) is 7.85. The molecule has 1 atom stereocenters. The summed E-state index contributed by atoms with van der Waals surface area (Å²) in [6, 6.07) is 18.3. The van der Waals surface area contributed by atoms with Crippen LogP contribution in [0.4, 0.5) is 4.79 Å². The SMILES string of the molecule is CC(C)C(NC(=O)NC1CCC(CC=O)CC1)C(O)(c1ccccc1)c1ccccc1. The van der Waals surface area contributed by atoms with Gasteiger partial charge in [-0.2, -0.15) is 0 Å². The third kappa shape index (κ3) is 5.53. The molecular weight excluding hydrogens is 388 g/mol. The van der Waals surface area contributed by atoms with Crippen molar-refractivity contribution in [3.63, 3.8) is 0 Å². The zero-order chi connectivity index (χ0) is 22.3. The van der Waals surface area contributed by atoms with Crippen LogP contribution in [0.3, 0.4) is 0 Å². The first-order valence-electron chi connectivity index (χ1n) is 11.3. The first-order valence-corrected chi connectivity index (χ1v) is 11.3. The van der Waals surface area contributed by atoms with Gasteiger partial charge in [-0.15, -0.1) is 0 Å². The number of aldehydes is 1. The van der Waals surface area contributed by atoms with Crippen LogP contribution >= 0.6 is 0 Å². The molecule has 5 heteroatoms. The molecule has 0 bridgehead atoms. The van der Waals surface area contributed by atoms with Gasteiger partial charge in [-0.25, -0.2) is 4.79 Å². The minimum atomic E-state index is -1.37. The Labute approximate surface area is 185 Å². The first kappa shape index (κ1) is 23.0. The molecule has 1 aliphatic carbocycles. The molecule has 2 amide bonds. The van der Waals surface area contributed by atoms with Crippen molar-refractivity contribution in [2.24, 2.45) is 11.8 Å². The number of carbonyl (C=O) groups is 2. The van der Waals surface area contributed by atoms with Gasteiger partial charge in [0, 0.05) is 12.5 Å². The van der Waals surface area contributed by atoms with E-state index >= 15 is 0 Å². The van der Waals surface area contributed by atoms with Crippen LogP contribution < -0.4 is 10.6 Å². The van der Waals surface area contributed by atoms with Gasteiger partial charge in [0.25, 0.3) is 0 Å². The molecule has 3 N–H and O–H groups in total. The zero-order valence-corrected chi connectivity index (χ0v) is 18.5. The highest BCUT2D eigenvalue weighted by molar-refractivity contribution is 5.75. The lowest BCUT2D eigenvalue weighted by Gasteiger charge is -2.40. The highest BCUT2D eigenvalue weighted by Gasteiger charge is 2.43. The van der Waals surface area contributed by atoms with Crippen LogP contribution in [0.2, 0.25) is 0 Å². The van der Waals surface area contributed by atoms with E-state index in [1.165, 1.54) is 0 Å². The molecule has 0 heterocycles. The Morgan fingerprint density at radius 2 is 1.52 bits per heavy atom. The van der Waals surface area contributed by atoms with E-state index in [1.807, 2.05) is 74.5 Å². The van der Waals surface area contributed by atoms with E-state index < -0.39 is 11.6 Å². The van der Waals surface area contributed by atoms with Gasteiger partial charge < -0.3 is 20.5 Å². The lowest BCUT2D eigenvalue weighted by molar-refractivity contribution is -0.108. The summed E-state index contributed by atoms with van der Waals surface area (Å²) in [6.45, 7) is 4.01.